The van der Waals surface area contributed by atoms with Crippen LogP contribution in [0.25, 0.3) is 5.65 Å². The molecular formula is C11H17N5. The summed E-state index contributed by atoms with van der Waals surface area (Å²) in [5.41, 5.74) is 0.830. The van der Waals surface area contributed by atoms with Gasteiger partial charge in [0.15, 0.2) is 5.82 Å². The lowest BCUT2D eigenvalue weighted by Gasteiger charge is -2.28. The highest BCUT2D eigenvalue weighted by atomic mass is 15.2. The predicted molar refractivity (Wildman–Crippen MR) is 63.4 cm³/mol. The van der Waals surface area contributed by atoms with Gasteiger partial charge in [-0.3, -0.25) is 4.40 Å². The minimum Gasteiger partial charge on any atom is -0.362 e. The molecule has 2 aromatic rings. The summed E-state index contributed by atoms with van der Waals surface area (Å²) in [7, 11) is 0. The molecule has 1 N–H and O–H groups in total. The van der Waals surface area contributed by atoms with Crippen molar-refractivity contribution in [1.29, 1.82) is 0 Å². The zero-order valence-electron chi connectivity index (χ0n) is 9.94. The van der Waals surface area contributed by atoms with E-state index < -0.39 is 0 Å². The Balaban J connectivity index is 2.37. The van der Waals surface area contributed by atoms with Gasteiger partial charge in [-0.05, 0) is 19.8 Å². The van der Waals surface area contributed by atoms with E-state index in [1.807, 2.05) is 10.6 Å². The Morgan fingerprint density at radius 1 is 1.38 bits per heavy atom. The van der Waals surface area contributed by atoms with Crippen LogP contribution in [0.2, 0.25) is 0 Å². The van der Waals surface area contributed by atoms with Gasteiger partial charge in [-0.2, -0.15) is 0 Å². The molecule has 0 aliphatic rings. The third-order valence-electron chi connectivity index (χ3n) is 3.20. The van der Waals surface area contributed by atoms with Crippen LogP contribution in [-0.4, -0.2) is 25.1 Å². The van der Waals surface area contributed by atoms with Crippen LogP contribution in [0.3, 0.4) is 0 Å². The first-order chi connectivity index (χ1) is 7.68. The van der Waals surface area contributed by atoms with Crippen LogP contribution < -0.4 is 5.32 Å². The van der Waals surface area contributed by atoms with E-state index in [9.17, 15) is 0 Å². The first kappa shape index (κ1) is 10.9. The third kappa shape index (κ3) is 1.85. The maximum atomic E-state index is 4.33. The van der Waals surface area contributed by atoms with E-state index in [0.29, 0.717) is 0 Å². The highest BCUT2D eigenvalue weighted by Crippen LogP contribution is 2.21. The average Bonchev–Trinajstić information content (AvgIpc) is 2.78. The van der Waals surface area contributed by atoms with Crippen LogP contribution in [0, 0.1) is 0 Å². The van der Waals surface area contributed by atoms with Crippen LogP contribution in [0.4, 0.5) is 5.82 Å². The lowest BCUT2D eigenvalue weighted by atomic mass is 9.96. The lowest BCUT2D eigenvalue weighted by Crippen LogP contribution is -2.33. The van der Waals surface area contributed by atoms with Crippen LogP contribution in [0.15, 0.2) is 18.7 Å². The van der Waals surface area contributed by atoms with Crippen LogP contribution in [0.1, 0.15) is 33.6 Å². The van der Waals surface area contributed by atoms with Gasteiger partial charge >= 0.3 is 0 Å². The molecule has 0 atom stereocenters. The number of rotatable bonds is 4. The second-order valence-electron chi connectivity index (χ2n) is 4.23. The SMILES string of the molecule is CCC(C)(CC)Nc1nccn2cnnc12. The molecule has 2 heterocycles. The summed E-state index contributed by atoms with van der Waals surface area (Å²) in [4.78, 5) is 4.33. The number of anilines is 1. The highest BCUT2D eigenvalue weighted by Gasteiger charge is 2.21. The van der Waals surface area contributed by atoms with Crippen molar-refractivity contribution in [2.45, 2.75) is 39.2 Å². The zero-order valence-corrected chi connectivity index (χ0v) is 9.94. The molecule has 0 aromatic carbocycles. The van der Waals surface area contributed by atoms with E-state index in [2.05, 4.69) is 41.3 Å². The number of aromatic nitrogens is 4. The van der Waals surface area contributed by atoms with E-state index in [1.54, 1.807) is 12.5 Å². The first-order valence-electron chi connectivity index (χ1n) is 5.61. The van der Waals surface area contributed by atoms with E-state index in [0.717, 1.165) is 24.3 Å². The van der Waals surface area contributed by atoms with Gasteiger partial charge in [-0.1, -0.05) is 13.8 Å². The van der Waals surface area contributed by atoms with E-state index >= 15 is 0 Å². The summed E-state index contributed by atoms with van der Waals surface area (Å²) < 4.78 is 1.86. The predicted octanol–water partition coefficient (Wildman–Crippen LogP) is 2.11. The van der Waals surface area contributed by atoms with Gasteiger partial charge in [0.2, 0.25) is 5.65 Å². The second-order valence-corrected chi connectivity index (χ2v) is 4.23. The van der Waals surface area contributed by atoms with Crippen LogP contribution in [0.5, 0.6) is 0 Å². The first-order valence-corrected chi connectivity index (χ1v) is 5.61. The lowest BCUT2D eigenvalue weighted by molar-refractivity contribution is 0.477. The number of nitrogens with one attached hydrogen (secondary N) is 1. The molecule has 2 rings (SSSR count). The Hall–Kier alpha value is -1.65. The summed E-state index contributed by atoms with van der Waals surface area (Å²) in [5, 5.41) is 11.4. The second kappa shape index (κ2) is 4.08. The van der Waals surface area contributed by atoms with Gasteiger partial charge < -0.3 is 5.32 Å². The average molecular weight is 219 g/mol. The molecule has 0 saturated heterocycles. The summed E-state index contributed by atoms with van der Waals surface area (Å²) in [5.74, 6) is 0.797. The van der Waals surface area contributed by atoms with E-state index in [1.165, 1.54) is 0 Å². The summed E-state index contributed by atoms with van der Waals surface area (Å²) in [6.45, 7) is 6.52. The maximum absolute atomic E-state index is 4.33. The monoisotopic (exact) mass is 219 g/mol. The van der Waals surface area contributed by atoms with Crippen molar-refractivity contribution in [2.24, 2.45) is 0 Å². The molecule has 0 unspecified atom stereocenters. The molecule has 0 spiro atoms. The standard InChI is InChI=1S/C11H17N5/c1-4-11(3,5-2)14-9-10-15-13-8-16(10)7-6-12-9/h6-8H,4-5H2,1-3H3,(H,12,14). The maximum Gasteiger partial charge on any atom is 0.203 e. The molecule has 0 aliphatic carbocycles. The van der Waals surface area contributed by atoms with Gasteiger partial charge in [-0.15, -0.1) is 10.2 Å². The molecule has 0 fully saturated rings. The largest absolute Gasteiger partial charge is 0.362 e. The number of nitrogens with zero attached hydrogens (tertiary/aromatic N) is 4. The molecule has 5 nitrogen and oxygen atoms in total. The topological polar surface area (TPSA) is 55.1 Å². The molecular weight excluding hydrogens is 202 g/mol. The molecule has 2 aromatic heterocycles. The van der Waals surface area contributed by atoms with Crippen LogP contribution >= 0.6 is 0 Å². The minimum absolute atomic E-state index is 0.0563. The fraction of sp³-hybridized carbons (Fsp3) is 0.545. The number of fused-ring (bicyclic) bond motifs is 1. The van der Waals surface area contributed by atoms with Gasteiger partial charge in [0.1, 0.15) is 6.33 Å². The highest BCUT2D eigenvalue weighted by molar-refractivity contribution is 5.62. The van der Waals surface area contributed by atoms with Crippen molar-refractivity contribution < 1.29 is 0 Å². The van der Waals surface area contributed by atoms with Gasteiger partial charge in [0, 0.05) is 17.9 Å². The molecule has 16 heavy (non-hydrogen) atoms. The Morgan fingerprint density at radius 3 is 2.81 bits per heavy atom. The fourth-order valence-electron chi connectivity index (χ4n) is 1.56. The van der Waals surface area contributed by atoms with E-state index in [4.69, 9.17) is 0 Å². The van der Waals surface area contributed by atoms with Crippen molar-refractivity contribution in [3.05, 3.63) is 18.7 Å². The van der Waals surface area contributed by atoms with E-state index in [-0.39, 0.29) is 5.54 Å². The summed E-state index contributed by atoms with van der Waals surface area (Å²) >= 11 is 0. The van der Waals surface area contributed by atoms with Crippen molar-refractivity contribution in [1.82, 2.24) is 19.6 Å². The third-order valence-corrected chi connectivity index (χ3v) is 3.20. The number of hydrogen-bond acceptors (Lipinski definition) is 4. The minimum atomic E-state index is 0.0563. The number of hydrogen-bond donors (Lipinski definition) is 1. The van der Waals surface area contributed by atoms with Crippen molar-refractivity contribution in [3.63, 3.8) is 0 Å². The van der Waals surface area contributed by atoms with Gasteiger partial charge in [-0.25, -0.2) is 4.98 Å². The molecule has 0 aliphatic heterocycles. The Bertz CT molecular complexity index is 472. The Labute approximate surface area is 94.9 Å². The normalized spacial score (nSPS) is 11.9. The summed E-state index contributed by atoms with van der Waals surface area (Å²) in [6.07, 6.45) is 7.36. The Kier molecular flexibility index (Phi) is 2.77. The van der Waals surface area contributed by atoms with Gasteiger partial charge in [0.25, 0.3) is 0 Å². The van der Waals surface area contributed by atoms with Crippen molar-refractivity contribution in [3.8, 4) is 0 Å². The van der Waals surface area contributed by atoms with Crippen molar-refractivity contribution in [2.75, 3.05) is 5.32 Å². The molecule has 0 saturated carbocycles. The Morgan fingerprint density at radius 2 is 2.12 bits per heavy atom. The fourth-order valence-corrected chi connectivity index (χ4v) is 1.56. The summed E-state index contributed by atoms with van der Waals surface area (Å²) in [6, 6.07) is 0. The molecule has 86 valence electrons. The molecule has 0 amide bonds. The van der Waals surface area contributed by atoms with Crippen LogP contribution in [-0.2, 0) is 0 Å². The van der Waals surface area contributed by atoms with Crippen molar-refractivity contribution >= 4 is 11.5 Å². The zero-order chi connectivity index (χ0) is 11.6. The smallest absolute Gasteiger partial charge is 0.203 e. The van der Waals surface area contributed by atoms with Gasteiger partial charge in [0.05, 0.1) is 0 Å². The molecule has 0 bridgehead atoms. The molecule has 5 heteroatoms. The quantitative estimate of drug-likeness (QED) is 0.855. The molecule has 0 radical (unpaired) electrons.